The van der Waals surface area contributed by atoms with Crippen molar-refractivity contribution in [1.82, 2.24) is 9.78 Å². The molecule has 3 aromatic rings. The second kappa shape index (κ2) is 8.64. The minimum absolute atomic E-state index is 0.0296. The van der Waals surface area contributed by atoms with Crippen molar-refractivity contribution in [1.29, 1.82) is 0 Å². The Labute approximate surface area is 175 Å². The predicted molar refractivity (Wildman–Crippen MR) is 107 cm³/mol. The van der Waals surface area contributed by atoms with E-state index >= 15 is 0 Å². The summed E-state index contributed by atoms with van der Waals surface area (Å²) in [5, 5.41) is 5.79. The third-order valence-electron chi connectivity index (χ3n) is 3.97. The van der Waals surface area contributed by atoms with E-state index in [9.17, 15) is 22.4 Å². The topological polar surface area (TPSA) is 107 Å². The Morgan fingerprint density at radius 3 is 2.67 bits per heavy atom. The van der Waals surface area contributed by atoms with Gasteiger partial charge in [-0.1, -0.05) is 17.7 Å². The Hall–Kier alpha value is -3.24. The summed E-state index contributed by atoms with van der Waals surface area (Å²) in [6.07, 6.45) is 0. The first-order chi connectivity index (χ1) is 14.2. The molecule has 0 spiro atoms. The Bertz CT molecular complexity index is 1280. The number of amides is 1. The second-order valence-corrected chi connectivity index (χ2v) is 8.33. The zero-order chi connectivity index (χ0) is 21.9. The zero-order valence-electron chi connectivity index (χ0n) is 15.5. The number of carbonyl (C=O) groups is 1. The summed E-state index contributed by atoms with van der Waals surface area (Å²) in [5.41, 5.74) is -0.545. The van der Waals surface area contributed by atoms with Crippen molar-refractivity contribution >= 4 is 33.0 Å². The van der Waals surface area contributed by atoms with Crippen LogP contribution in [-0.2, 0) is 21.2 Å². The molecular weight excluding hydrogens is 437 g/mol. The highest BCUT2D eigenvalue weighted by Crippen LogP contribution is 2.23. The molecule has 156 valence electrons. The predicted octanol–water partition coefficient (Wildman–Crippen LogP) is 2.52. The highest BCUT2D eigenvalue weighted by molar-refractivity contribution is 7.91. The van der Waals surface area contributed by atoms with Gasteiger partial charge in [0, 0.05) is 6.07 Å². The summed E-state index contributed by atoms with van der Waals surface area (Å²) in [6.45, 7) is -0.575. The van der Waals surface area contributed by atoms with Gasteiger partial charge in [0.1, 0.15) is 18.1 Å². The number of anilines is 1. The van der Waals surface area contributed by atoms with Gasteiger partial charge in [0.2, 0.25) is 15.7 Å². The van der Waals surface area contributed by atoms with E-state index in [1.54, 1.807) is 6.07 Å². The number of hydrogen-bond donors (Lipinski definition) is 1. The molecule has 1 N–H and O–H groups in total. The first kappa shape index (κ1) is 21.5. The lowest BCUT2D eigenvalue weighted by atomic mass is 10.3. The number of methoxy groups -OCH3 is 1. The summed E-state index contributed by atoms with van der Waals surface area (Å²) >= 11 is 5.86. The van der Waals surface area contributed by atoms with Crippen LogP contribution in [0.2, 0.25) is 5.02 Å². The Balaban J connectivity index is 1.87. The van der Waals surface area contributed by atoms with Gasteiger partial charge in [0.15, 0.2) is 5.03 Å². The molecule has 0 aliphatic carbocycles. The third-order valence-corrected chi connectivity index (χ3v) is 5.92. The highest BCUT2D eigenvalue weighted by Gasteiger charge is 2.21. The summed E-state index contributed by atoms with van der Waals surface area (Å²) in [5.74, 6) is -0.944. The van der Waals surface area contributed by atoms with Crippen molar-refractivity contribution < 1.29 is 22.3 Å². The highest BCUT2D eigenvalue weighted by atomic mass is 35.5. The number of hydrogen-bond acceptors (Lipinski definition) is 6. The van der Waals surface area contributed by atoms with Crippen LogP contribution < -0.4 is 15.6 Å². The van der Waals surface area contributed by atoms with Crippen LogP contribution >= 0.6 is 11.6 Å². The van der Waals surface area contributed by atoms with Gasteiger partial charge in [-0.3, -0.25) is 9.59 Å². The van der Waals surface area contributed by atoms with Gasteiger partial charge in [-0.15, -0.1) is 0 Å². The number of rotatable bonds is 6. The second-order valence-electron chi connectivity index (χ2n) is 6.02. The molecule has 8 nitrogen and oxygen atoms in total. The molecule has 0 aliphatic heterocycles. The molecule has 0 saturated heterocycles. The first-order valence-electron chi connectivity index (χ1n) is 8.43. The fourth-order valence-corrected chi connectivity index (χ4v) is 3.93. The van der Waals surface area contributed by atoms with Crippen LogP contribution in [-0.4, -0.2) is 31.2 Å². The lowest BCUT2D eigenvalue weighted by molar-refractivity contribution is -0.117. The molecule has 11 heteroatoms. The van der Waals surface area contributed by atoms with E-state index < -0.39 is 38.7 Å². The standard InChI is InChI=1S/C19H15ClFN3O5S/c1-29-13-3-2-4-14(10-13)30(27,28)18-7-8-19(26)24(23-18)11-17(25)22-16-6-5-12(21)9-15(16)20/h2-10H,11H2,1H3,(H,22,25). The average molecular weight is 452 g/mol. The van der Waals surface area contributed by atoms with E-state index in [1.165, 1.54) is 31.4 Å². The maximum absolute atomic E-state index is 13.1. The molecule has 0 saturated carbocycles. The number of nitrogens with zero attached hydrogens (tertiary/aromatic N) is 2. The lowest BCUT2D eigenvalue weighted by Crippen LogP contribution is -2.30. The van der Waals surface area contributed by atoms with Gasteiger partial charge in [-0.05, 0) is 42.5 Å². The minimum Gasteiger partial charge on any atom is -0.497 e. The third kappa shape index (κ3) is 4.66. The lowest BCUT2D eigenvalue weighted by Gasteiger charge is -2.10. The Morgan fingerprint density at radius 1 is 1.20 bits per heavy atom. The molecule has 0 aliphatic rings. The number of benzene rings is 2. The monoisotopic (exact) mass is 451 g/mol. The van der Waals surface area contributed by atoms with Crippen LogP contribution in [0.15, 0.2) is 69.3 Å². The van der Waals surface area contributed by atoms with Gasteiger partial charge < -0.3 is 10.1 Å². The normalized spacial score (nSPS) is 11.2. The molecule has 1 amide bonds. The van der Waals surface area contributed by atoms with E-state index in [0.717, 1.165) is 24.3 Å². The number of carbonyl (C=O) groups excluding carboxylic acids is 1. The summed E-state index contributed by atoms with van der Waals surface area (Å²) < 4.78 is 44.5. The SMILES string of the molecule is COc1cccc(S(=O)(=O)c2ccc(=O)n(CC(=O)Nc3ccc(F)cc3Cl)n2)c1. The smallest absolute Gasteiger partial charge is 0.267 e. The van der Waals surface area contributed by atoms with Gasteiger partial charge in [0.05, 0.1) is 22.7 Å². The summed E-state index contributed by atoms with van der Waals surface area (Å²) in [6, 6.07) is 11.2. The van der Waals surface area contributed by atoms with Gasteiger partial charge in [-0.2, -0.15) is 5.10 Å². The Kier molecular flexibility index (Phi) is 6.18. The van der Waals surface area contributed by atoms with Crippen LogP contribution in [0.5, 0.6) is 5.75 Å². The molecule has 1 heterocycles. The van der Waals surface area contributed by atoms with Crippen LogP contribution in [0, 0.1) is 5.82 Å². The molecule has 3 rings (SSSR count). The van der Waals surface area contributed by atoms with Crippen molar-refractivity contribution in [2.45, 2.75) is 16.5 Å². The Morgan fingerprint density at radius 2 is 1.97 bits per heavy atom. The fraction of sp³-hybridized carbons (Fsp3) is 0.105. The molecule has 0 radical (unpaired) electrons. The zero-order valence-corrected chi connectivity index (χ0v) is 17.1. The molecule has 0 unspecified atom stereocenters. The minimum atomic E-state index is -4.06. The number of ether oxygens (including phenoxy) is 1. The van der Waals surface area contributed by atoms with E-state index in [2.05, 4.69) is 10.4 Å². The molecule has 1 aromatic heterocycles. The van der Waals surface area contributed by atoms with Gasteiger partial charge >= 0.3 is 0 Å². The molecule has 0 fully saturated rings. The van der Waals surface area contributed by atoms with Crippen LogP contribution in [0.4, 0.5) is 10.1 Å². The van der Waals surface area contributed by atoms with Crippen molar-refractivity contribution in [2.75, 3.05) is 12.4 Å². The van der Waals surface area contributed by atoms with E-state index in [0.29, 0.717) is 10.4 Å². The van der Waals surface area contributed by atoms with E-state index in [1.807, 2.05) is 0 Å². The number of halogens is 2. The summed E-state index contributed by atoms with van der Waals surface area (Å²) in [7, 11) is -2.66. The van der Waals surface area contributed by atoms with Crippen LogP contribution in [0.3, 0.4) is 0 Å². The molecule has 30 heavy (non-hydrogen) atoms. The number of aromatic nitrogens is 2. The quantitative estimate of drug-likeness (QED) is 0.617. The van der Waals surface area contributed by atoms with Crippen LogP contribution in [0.1, 0.15) is 0 Å². The van der Waals surface area contributed by atoms with Crippen LogP contribution in [0.25, 0.3) is 0 Å². The average Bonchev–Trinajstić information content (AvgIpc) is 2.71. The van der Waals surface area contributed by atoms with Gasteiger partial charge in [-0.25, -0.2) is 17.5 Å². The number of sulfone groups is 1. The maximum Gasteiger partial charge on any atom is 0.267 e. The molecule has 0 bridgehead atoms. The van der Waals surface area contributed by atoms with Crippen molar-refractivity contribution in [3.63, 3.8) is 0 Å². The van der Waals surface area contributed by atoms with Crippen molar-refractivity contribution in [3.05, 3.63) is 75.8 Å². The van der Waals surface area contributed by atoms with E-state index in [4.69, 9.17) is 16.3 Å². The largest absolute Gasteiger partial charge is 0.497 e. The van der Waals surface area contributed by atoms with E-state index in [-0.39, 0.29) is 15.6 Å². The molecule has 0 atom stereocenters. The molecule has 2 aromatic carbocycles. The maximum atomic E-state index is 13.1. The van der Waals surface area contributed by atoms with Crippen molar-refractivity contribution in [3.8, 4) is 5.75 Å². The fourth-order valence-electron chi connectivity index (χ4n) is 2.49. The summed E-state index contributed by atoms with van der Waals surface area (Å²) in [4.78, 5) is 24.2. The number of nitrogens with one attached hydrogen (secondary N) is 1. The van der Waals surface area contributed by atoms with Gasteiger partial charge in [0.25, 0.3) is 5.56 Å². The van der Waals surface area contributed by atoms with Crippen molar-refractivity contribution in [2.24, 2.45) is 0 Å². The first-order valence-corrected chi connectivity index (χ1v) is 10.3. The molecular formula is C19H15ClFN3O5S.